The van der Waals surface area contributed by atoms with Crippen molar-refractivity contribution in [1.29, 1.82) is 5.26 Å². The molecule has 3 aromatic rings. The van der Waals surface area contributed by atoms with Crippen LogP contribution in [0.2, 0.25) is 0 Å². The maximum Gasteiger partial charge on any atom is 0.266 e. The molecule has 0 saturated carbocycles. The van der Waals surface area contributed by atoms with E-state index in [9.17, 15) is 10.1 Å². The molecule has 144 valence electrons. The lowest BCUT2D eigenvalue weighted by Gasteiger charge is -2.09. The molecule has 3 aromatic carbocycles. The van der Waals surface area contributed by atoms with Crippen LogP contribution >= 0.6 is 15.9 Å². The lowest BCUT2D eigenvalue weighted by Crippen LogP contribution is -2.13. The number of ether oxygens (including phenoxy) is 1. The summed E-state index contributed by atoms with van der Waals surface area (Å²) in [6, 6.07) is 24.7. The summed E-state index contributed by atoms with van der Waals surface area (Å²) in [6.45, 7) is 2.42. The van der Waals surface area contributed by atoms with Crippen LogP contribution in [0.5, 0.6) is 5.75 Å². The van der Waals surface area contributed by atoms with Crippen LogP contribution in [0.25, 0.3) is 6.08 Å². The smallest absolute Gasteiger partial charge is 0.266 e. The van der Waals surface area contributed by atoms with E-state index >= 15 is 0 Å². The predicted octanol–water partition coefficient (Wildman–Crippen LogP) is 5.88. The Labute approximate surface area is 178 Å². The van der Waals surface area contributed by atoms with Crippen molar-refractivity contribution in [2.75, 3.05) is 5.32 Å². The number of nitrogens with zero attached hydrogens (tertiary/aromatic N) is 1. The van der Waals surface area contributed by atoms with Gasteiger partial charge >= 0.3 is 0 Å². The SMILES string of the molecule is Cc1ccc(NC(=O)/C(C#N)=C\c2ccc(OCc3ccccc3)c(Br)c2)cc1. The van der Waals surface area contributed by atoms with Gasteiger partial charge in [-0.1, -0.05) is 54.1 Å². The van der Waals surface area contributed by atoms with Gasteiger partial charge in [-0.2, -0.15) is 5.26 Å². The van der Waals surface area contributed by atoms with Gasteiger partial charge in [0.05, 0.1) is 4.47 Å². The van der Waals surface area contributed by atoms with E-state index in [4.69, 9.17) is 4.74 Å². The highest BCUT2D eigenvalue weighted by atomic mass is 79.9. The molecule has 0 saturated heterocycles. The first-order chi connectivity index (χ1) is 14.0. The van der Waals surface area contributed by atoms with Crippen LogP contribution < -0.4 is 10.1 Å². The Morgan fingerprint density at radius 2 is 1.83 bits per heavy atom. The summed E-state index contributed by atoms with van der Waals surface area (Å²) in [4.78, 5) is 12.4. The Balaban J connectivity index is 1.70. The first kappa shape index (κ1) is 20.4. The minimum atomic E-state index is -0.447. The number of aryl methyl sites for hydroxylation is 1. The molecule has 0 aliphatic heterocycles. The molecule has 0 bridgehead atoms. The summed E-state index contributed by atoms with van der Waals surface area (Å²) in [6.07, 6.45) is 1.55. The highest BCUT2D eigenvalue weighted by Crippen LogP contribution is 2.28. The molecule has 5 heteroatoms. The van der Waals surface area contributed by atoms with Gasteiger partial charge in [0.1, 0.15) is 24.0 Å². The van der Waals surface area contributed by atoms with E-state index in [2.05, 4.69) is 21.2 Å². The molecular formula is C24H19BrN2O2. The molecule has 0 aromatic heterocycles. The topological polar surface area (TPSA) is 62.1 Å². The number of carbonyl (C=O) groups is 1. The largest absolute Gasteiger partial charge is 0.488 e. The maximum absolute atomic E-state index is 12.4. The Hall–Kier alpha value is -3.36. The number of benzene rings is 3. The Morgan fingerprint density at radius 1 is 1.10 bits per heavy atom. The lowest BCUT2D eigenvalue weighted by atomic mass is 10.1. The van der Waals surface area contributed by atoms with Crippen molar-refractivity contribution in [2.45, 2.75) is 13.5 Å². The van der Waals surface area contributed by atoms with Crippen LogP contribution in [0.3, 0.4) is 0 Å². The first-order valence-electron chi connectivity index (χ1n) is 9.01. The van der Waals surface area contributed by atoms with Crippen LogP contribution in [0, 0.1) is 18.3 Å². The van der Waals surface area contributed by atoms with Gasteiger partial charge in [0.2, 0.25) is 0 Å². The van der Waals surface area contributed by atoms with Crippen molar-refractivity contribution in [3.63, 3.8) is 0 Å². The third-order valence-corrected chi connectivity index (χ3v) is 4.80. The summed E-state index contributed by atoms with van der Waals surface area (Å²) in [5.74, 6) is 0.241. The van der Waals surface area contributed by atoms with Crippen LogP contribution in [0.4, 0.5) is 5.69 Å². The molecule has 0 unspecified atom stereocenters. The number of carbonyl (C=O) groups excluding carboxylic acids is 1. The van der Waals surface area contributed by atoms with Crippen molar-refractivity contribution < 1.29 is 9.53 Å². The molecule has 0 atom stereocenters. The van der Waals surface area contributed by atoms with Crippen LogP contribution in [0.15, 0.2) is 82.8 Å². The highest BCUT2D eigenvalue weighted by Gasteiger charge is 2.10. The standard InChI is InChI=1S/C24H19BrN2O2/c1-17-7-10-21(11-8-17)27-24(28)20(15-26)13-19-9-12-23(22(25)14-19)29-16-18-5-3-2-4-6-18/h2-14H,16H2,1H3,(H,27,28)/b20-13-. The van der Waals surface area contributed by atoms with Crippen LogP contribution in [0.1, 0.15) is 16.7 Å². The van der Waals surface area contributed by atoms with Crippen LogP contribution in [-0.4, -0.2) is 5.91 Å². The minimum absolute atomic E-state index is 0.0235. The molecule has 0 radical (unpaired) electrons. The average molecular weight is 447 g/mol. The number of halogens is 1. The Bertz CT molecular complexity index is 1070. The van der Waals surface area contributed by atoms with Gasteiger partial charge in [-0.05, 0) is 64.3 Å². The average Bonchev–Trinajstić information content (AvgIpc) is 2.73. The van der Waals surface area contributed by atoms with Crippen LogP contribution in [-0.2, 0) is 11.4 Å². The van der Waals surface area contributed by atoms with E-state index < -0.39 is 5.91 Å². The van der Waals surface area contributed by atoms with E-state index in [0.29, 0.717) is 18.0 Å². The lowest BCUT2D eigenvalue weighted by molar-refractivity contribution is -0.112. The molecule has 0 fully saturated rings. The number of nitriles is 1. The van der Waals surface area contributed by atoms with Crippen molar-refractivity contribution in [2.24, 2.45) is 0 Å². The minimum Gasteiger partial charge on any atom is -0.488 e. The van der Waals surface area contributed by atoms with Gasteiger partial charge in [-0.15, -0.1) is 0 Å². The van der Waals surface area contributed by atoms with Crippen molar-refractivity contribution >= 4 is 33.6 Å². The molecular weight excluding hydrogens is 428 g/mol. The van der Waals surface area contributed by atoms with Gasteiger partial charge in [0, 0.05) is 5.69 Å². The maximum atomic E-state index is 12.4. The third-order valence-electron chi connectivity index (χ3n) is 4.18. The first-order valence-corrected chi connectivity index (χ1v) is 9.80. The molecule has 1 amide bonds. The fourth-order valence-corrected chi connectivity index (χ4v) is 3.12. The second-order valence-electron chi connectivity index (χ2n) is 6.45. The molecule has 0 aliphatic rings. The monoisotopic (exact) mass is 446 g/mol. The number of rotatable bonds is 6. The van der Waals surface area contributed by atoms with Gasteiger partial charge in [-0.25, -0.2) is 0 Å². The summed E-state index contributed by atoms with van der Waals surface area (Å²) in [5.41, 5.74) is 3.56. The summed E-state index contributed by atoms with van der Waals surface area (Å²) < 4.78 is 6.58. The molecule has 1 N–H and O–H groups in total. The number of nitrogens with one attached hydrogen (secondary N) is 1. The number of anilines is 1. The number of hydrogen-bond donors (Lipinski definition) is 1. The zero-order chi connectivity index (χ0) is 20.6. The second-order valence-corrected chi connectivity index (χ2v) is 7.31. The Morgan fingerprint density at radius 3 is 2.48 bits per heavy atom. The third kappa shape index (κ3) is 5.81. The van der Waals surface area contributed by atoms with Gasteiger partial charge in [-0.3, -0.25) is 4.79 Å². The molecule has 3 rings (SSSR count). The van der Waals surface area contributed by atoms with E-state index in [1.54, 1.807) is 18.2 Å². The Kier molecular flexibility index (Phi) is 6.83. The number of amides is 1. The van der Waals surface area contributed by atoms with Crippen molar-refractivity contribution in [3.05, 3.63) is 99.5 Å². The quantitative estimate of drug-likeness (QED) is 0.379. The fourth-order valence-electron chi connectivity index (χ4n) is 2.61. The molecule has 0 spiro atoms. The van der Waals surface area contributed by atoms with E-state index in [1.807, 2.05) is 73.7 Å². The summed E-state index contributed by atoms with van der Waals surface area (Å²) in [5, 5.41) is 12.1. The molecule has 4 nitrogen and oxygen atoms in total. The van der Waals surface area contributed by atoms with E-state index in [0.717, 1.165) is 21.2 Å². The van der Waals surface area contributed by atoms with Gasteiger partial charge < -0.3 is 10.1 Å². The zero-order valence-corrected chi connectivity index (χ0v) is 17.4. The van der Waals surface area contributed by atoms with Gasteiger partial charge in [0.15, 0.2) is 0 Å². The fraction of sp³-hybridized carbons (Fsp3) is 0.0833. The molecule has 29 heavy (non-hydrogen) atoms. The van der Waals surface area contributed by atoms with E-state index in [1.165, 1.54) is 0 Å². The number of hydrogen-bond acceptors (Lipinski definition) is 3. The van der Waals surface area contributed by atoms with Crippen molar-refractivity contribution in [1.82, 2.24) is 0 Å². The summed E-state index contributed by atoms with van der Waals surface area (Å²) in [7, 11) is 0. The van der Waals surface area contributed by atoms with Crippen molar-refractivity contribution in [3.8, 4) is 11.8 Å². The van der Waals surface area contributed by atoms with E-state index in [-0.39, 0.29) is 5.57 Å². The summed E-state index contributed by atoms with van der Waals surface area (Å²) >= 11 is 3.49. The zero-order valence-electron chi connectivity index (χ0n) is 15.9. The second kappa shape index (κ2) is 9.72. The molecule has 0 aliphatic carbocycles. The van der Waals surface area contributed by atoms with Gasteiger partial charge in [0.25, 0.3) is 5.91 Å². The molecule has 0 heterocycles. The normalized spacial score (nSPS) is 10.9. The highest BCUT2D eigenvalue weighted by molar-refractivity contribution is 9.10. The predicted molar refractivity (Wildman–Crippen MR) is 118 cm³/mol.